The molecule has 3 rings (SSSR count). The van der Waals surface area contributed by atoms with Gasteiger partial charge in [-0.25, -0.2) is 0 Å². The number of carbonyl (C=O) groups is 1. The summed E-state index contributed by atoms with van der Waals surface area (Å²) in [5.41, 5.74) is 1.43. The minimum Gasteiger partial charge on any atom is -0.350 e. The number of benzene rings is 1. The third-order valence-electron chi connectivity index (χ3n) is 3.80. The number of amides is 1. The molecule has 1 aromatic carbocycles. The molecule has 1 fully saturated rings. The number of nitrogens with one attached hydrogen (secondary N) is 2. The second kappa shape index (κ2) is 8.34. The number of hydrogen-bond donors (Lipinski definition) is 2. The molecule has 23 heavy (non-hydrogen) atoms. The number of nitrogens with zero attached hydrogens (tertiary/aromatic N) is 1. The number of halogens is 2. The van der Waals surface area contributed by atoms with Gasteiger partial charge in [0.05, 0.1) is 0 Å². The van der Waals surface area contributed by atoms with Gasteiger partial charge in [-0.15, -0.1) is 12.4 Å². The fraction of sp³-hybridized carbons (Fsp3) is 0.375. The molecule has 2 aromatic rings. The number of hydrogen-bond acceptors (Lipinski definition) is 4. The molecular weight excluding hydrogens is 337 g/mol. The van der Waals surface area contributed by atoms with Gasteiger partial charge in [-0.05, 0) is 44.0 Å². The molecule has 1 saturated heterocycles. The van der Waals surface area contributed by atoms with Crippen molar-refractivity contribution in [3.8, 4) is 11.3 Å². The Bertz CT molecular complexity index is 654. The Morgan fingerprint density at radius 2 is 2.30 bits per heavy atom. The van der Waals surface area contributed by atoms with Crippen molar-refractivity contribution >= 4 is 29.9 Å². The zero-order chi connectivity index (χ0) is 15.4. The van der Waals surface area contributed by atoms with E-state index in [1.54, 1.807) is 18.2 Å². The van der Waals surface area contributed by atoms with Crippen molar-refractivity contribution in [2.24, 2.45) is 5.92 Å². The lowest BCUT2D eigenvalue weighted by molar-refractivity contribution is 0.0908. The average molecular weight is 356 g/mol. The molecule has 7 heteroatoms. The number of aromatic nitrogens is 1. The first-order valence-corrected chi connectivity index (χ1v) is 7.82. The Labute approximate surface area is 146 Å². The smallest absolute Gasteiger partial charge is 0.289 e. The summed E-state index contributed by atoms with van der Waals surface area (Å²) < 4.78 is 5.14. The van der Waals surface area contributed by atoms with E-state index in [1.165, 1.54) is 0 Å². The van der Waals surface area contributed by atoms with Crippen LogP contribution in [0.4, 0.5) is 0 Å². The normalized spacial score (nSPS) is 17.3. The van der Waals surface area contributed by atoms with Crippen molar-refractivity contribution in [3.63, 3.8) is 0 Å². The highest BCUT2D eigenvalue weighted by atomic mass is 35.5. The number of carbonyl (C=O) groups excluding carboxylic acids is 1. The van der Waals surface area contributed by atoms with E-state index < -0.39 is 0 Å². The summed E-state index contributed by atoms with van der Waals surface area (Å²) in [6.07, 6.45) is 2.29. The molecule has 1 aliphatic rings. The topological polar surface area (TPSA) is 67.2 Å². The molecule has 0 aliphatic carbocycles. The molecule has 1 aliphatic heterocycles. The molecule has 0 bridgehead atoms. The van der Waals surface area contributed by atoms with Crippen LogP contribution in [0.2, 0.25) is 5.02 Å². The minimum absolute atomic E-state index is 0. The fourth-order valence-corrected chi connectivity index (χ4v) is 2.78. The molecule has 0 radical (unpaired) electrons. The first-order chi connectivity index (χ1) is 10.7. The van der Waals surface area contributed by atoms with Crippen molar-refractivity contribution in [3.05, 3.63) is 41.1 Å². The van der Waals surface area contributed by atoms with Gasteiger partial charge in [0.1, 0.15) is 5.69 Å². The van der Waals surface area contributed by atoms with E-state index in [4.69, 9.17) is 16.1 Å². The van der Waals surface area contributed by atoms with Crippen LogP contribution in [-0.4, -0.2) is 30.7 Å². The van der Waals surface area contributed by atoms with Crippen LogP contribution >= 0.6 is 24.0 Å². The molecule has 1 unspecified atom stereocenters. The average Bonchev–Trinajstić information content (AvgIpc) is 3.04. The lowest BCUT2D eigenvalue weighted by Crippen LogP contribution is -2.38. The highest BCUT2D eigenvalue weighted by molar-refractivity contribution is 6.30. The summed E-state index contributed by atoms with van der Waals surface area (Å²) in [7, 11) is 0. The number of rotatable bonds is 4. The summed E-state index contributed by atoms with van der Waals surface area (Å²) in [5.74, 6) is 0.470. The van der Waals surface area contributed by atoms with Gasteiger partial charge in [0.2, 0.25) is 5.76 Å². The van der Waals surface area contributed by atoms with Crippen LogP contribution in [-0.2, 0) is 0 Å². The van der Waals surface area contributed by atoms with Crippen molar-refractivity contribution < 1.29 is 9.32 Å². The quantitative estimate of drug-likeness (QED) is 0.883. The molecule has 1 amide bonds. The van der Waals surface area contributed by atoms with Crippen molar-refractivity contribution in [1.29, 1.82) is 0 Å². The SMILES string of the molecule is Cl.O=C(NCC1CCCNC1)c1cc(-c2cccc(Cl)c2)no1. The predicted molar refractivity (Wildman–Crippen MR) is 92.1 cm³/mol. The maximum Gasteiger partial charge on any atom is 0.289 e. The van der Waals surface area contributed by atoms with Gasteiger partial charge in [-0.3, -0.25) is 4.79 Å². The fourth-order valence-electron chi connectivity index (χ4n) is 2.59. The summed E-state index contributed by atoms with van der Waals surface area (Å²) in [6, 6.07) is 8.92. The lowest BCUT2D eigenvalue weighted by atomic mass is 10.00. The maximum absolute atomic E-state index is 12.1. The highest BCUT2D eigenvalue weighted by Crippen LogP contribution is 2.22. The largest absolute Gasteiger partial charge is 0.350 e. The first-order valence-electron chi connectivity index (χ1n) is 7.44. The van der Waals surface area contributed by atoms with Gasteiger partial charge in [0, 0.05) is 23.2 Å². The molecular formula is C16H19Cl2N3O2. The standard InChI is InChI=1S/C16H18ClN3O2.ClH/c17-13-5-1-4-12(7-13)14-8-15(22-20-14)16(21)19-10-11-3-2-6-18-9-11;/h1,4-5,7-8,11,18H,2-3,6,9-10H2,(H,19,21);1H. The van der Waals surface area contributed by atoms with E-state index in [2.05, 4.69) is 15.8 Å². The van der Waals surface area contributed by atoms with E-state index >= 15 is 0 Å². The van der Waals surface area contributed by atoms with Crippen LogP contribution in [0.15, 0.2) is 34.9 Å². The molecule has 5 nitrogen and oxygen atoms in total. The Hall–Kier alpha value is -1.56. The van der Waals surface area contributed by atoms with E-state index in [0.29, 0.717) is 23.2 Å². The van der Waals surface area contributed by atoms with Crippen LogP contribution in [0.1, 0.15) is 23.4 Å². The third-order valence-corrected chi connectivity index (χ3v) is 4.04. The van der Waals surface area contributed by atoms with Crippen molar-refractivity contribution in [2.45, 2.75) is 12.8 Å². The molecule has 2 heterocycles. The lowest BCUT2D eigenvalue weighted by Gasteiger charge is -2.22. The summed E-state index contributed by atoms with van der Waals surface area (Å²) in [5, 5.41) is 10.8. The second-order valence-corrected chi connectivity index (χ2v) is 5.95. The summed E-state index contributed by atoms with van der Waals surface area (Å²) >= 11 is 5.96. The van der Waals surface area contributed by atoms with Crippen LogP contribution in [0.5, 0.6) is 0 Å². The molecule has 2 N–H and O–H groups in total. The molecule has 0 spiro atoms. The Morgan fingerprint density at radius 3 is 3.04 bits per heavy atom. The second-order valence-electron chi connectivity index (χ2n) is 5.51. The zero-order valence-electron chi connectivity index (χ0n) is 12.5. The van der Waals surface area contributed by atoms with Crippen LogP contribution in [0, 0.1) is 5.92 Å². The van der Waals surface area contributed by atoms with E-state index in [9.17, 15) is 4.79 Å². The maximum atomic E-state index is 12.1. The van der Waals surface area contributed by atoms with Gasteiger partial charge >= 0.3 is 0 Å². The van der Waals surface area contributed by atoms with Crippen molar-refractivity contribution in [2.75, 3.05) is 19.6 Å². The van der Waals surface area contributed by atoms with Crippen LogP contribution < -0.4 is 10.6 Å². The van der Waals surface area contributed by atoms with E-state index in [0.717, 1.165) is 31.5 Å². The Balaban J connectivity index is 0.00000192. The molecule has 1 atom stereocenters. The zero-order valence-corrected chi connectivity index (χ0v) is 14.1. The summed E-state index contributed by atoms with van der Waals surface area (Å²) in [4.78, 5) is 12.1. The Morgan fingerprint density at radius 1 is 1.43 bits per heavy atom. The predicted octanol–water partition coefficient (Wildman–Crippen LogP) is 3.15. The van der Waals surface area contributed by atoms with Gasteiger partial charge in [-0.2, -0.15) is 0 Å². The van der Waals surface area contributed by atoms with E-state index in [-0.39, 0.29) is 24.1 Å². The highest BCUT2D eigenvalue weighted by Gasteiger charge is 2.17. The monoisotopic (exact) mass is 355 g/mol. The van der Waals surface area contributed by atoms with Crippen molar-refractivity contribution in [1.82, 2.24) is 15.8 Å². The molecule has 1 aromatic heterocycles. The first kappa shape index (κ1) is 17.8. The van der Waals surface area contributed by atoms with Crippen LogP contribution in [0.3, 0.4) is 0 Å². The van der Waals surface area contributed by atoms with Gasteiger partial charge in [0.15, 0.2) is 0 Å². The molecule has 124 valence electrons. The number of piperidine rings is 1. The third kappa shape index (κ3) is 4.70. The summed E-state index contributed by atoms with van der Waals surface area (Å²) in [6.45, 7) is 2.67. The Kier molecular flexibility index (Phi) is 6.45. The molecule has 0 saturated carbocycles. The minimum atomic E-state index is -0.230. The van der Waals surface area contributed by atoms with Gasteiger partial charge < -0.3 is 15.2 Å². The van der Waals surface area contributed by atoms with Gasteiger partial charge in [-0.1, -0.05) is 28.9 Å². The van der Waals surface area contributed by atoms with Crippen LogP contribution in [0.25, 0.3) is 11.3 Å². The van der Waals surface area contributed by atoms with E-state index in [1.807, 2.05) is 12.1 Å². The van der Waals surface area contributed by atoms with Gasteiger partial charge in [0.25, 0.3) is 5.91 Å².